The first kappa shape index (κ1) is 19.2. The predicted molar refractivity (Wildman–Crippen MR) is 103 cm³/mol. The first-order valence-electron chi connectivity index (χ1n) is 9.26. The van der Waals surface area contributed by atoms with E-state index in [0.717, 1.165) is 31.0 Å². The summed E-state index contributed by atoms with van der Waals surface area (Å²) >= 11 is 0. The summed E-state index contributed by atoms with van der Waals surface area (Å²) < 4.78 is 13.6. The van der Waals surface area contributed by atoms with Crippen LogP contribution >= 0.6 is 0 Å². The van der Waals surface area contributed by atoms with Gasteiger partial charge in [-0.2, -0.15) is 0 Å². The Labute approximate surface area is 159 Å². The zero-order chi connectivity index (χ0) is 19.4. The highest BCUT2D eigenvalue weighted by molar-refractivity contribution is 5.83. The molecular weight excluding hydrogens is 345 g/mol. The van der Waals surface area contributed by atoms with Gasteiger partial charge in [0.2, 0.25) is 5.91 Å². The summed E-state index contributed by atoms with van der Waals surface area (Å²) in [6, 6.07) is 7.80. The molecule has 1 amide bonds. The number of aromatic nitrogens is 2. The number of aryl methyl sites for hydroxylation is 1. The highest BCUT2D eigenvalue weighted by Crippen LogP contribution is 2.23. The van der Waals surface area contributed by atoms with Crippen molar-refractivity contribution in [3.8, 4) is 0 Å². The number of anilines is 1. The van der Waals surface area contributed by atoms with Gasteiger partial charge in [0, 0.05) is 37.9 Å². The Morgan fingerprint density at radius 3 is 2.56 bits per heavy atom. The number of likely N-dealkylation sites (N-methyl/N-ethyl adjacent to an activating group) is 1. The summed E-state index contributed by atoms with van der Waals surface area (Å²) in [5, 5.41) is 0. The van der Waals surface area contributed by atoms with Gasteiger partial charge in [0.15, 0.2) is 0 Å². The summed E-state index contributed by atoms with van der Waals surface area (Å²) in [7, 11) is 3.69. The lowest BCUT2D eigenvalue weighted by Gasteiger charge is -2.38. The molecule has 1 aliphatic rings. The number of halogens is 1. The van der Waals surface area contributed by atoms with Crippen LogP contribution in [0.4, 0.5) is 10.2 Å². The van der Waals surface area contributed by atoms with Crippen LogP contribution in [0.2, 0.25) is 0 Å². The van der Waals surface area contributed by atoms with Crippen molar-refractivity contribution in [2.45, 2.75) is 19.4 Å². The van der Waals surface area contributed by atoms with E-state index in [1.54, 1.807) is 18.5 Å². The molecule has 1 aliphatic heterocycles. The minimum Gasteiger partial charge on any atom is -0.353 e. The van der Waals surface area contributed by atoms with Gasteiger partial charge in [-0.3, -0.25) is 9.69 Å². The second-order valence-electron chi connectivity index (χ2n) is 6.95. The molecule has 2 aromatic rings. The van der Waals surface area contributed by atoms with E-state index in [1.165, 1.54) is 12.1 Å². The minimum absolute atomic E-state index is 0.00202. The fraction of sp³-hybridized carbons (Fsp3) is 0.450. The summed E-state index contributed by atoms with van der Waals surface area (Å²) in [4.78, 5) is 27.6. The van der Waals surface area contributed by atoms with E-state index in [2.05, 4.69) is 21.8 Å². The zero-order valence-electron chi connectivity index (χ0n) is 16.1. The Bertz CT molecular complexity index is 789. The van der Waals surface area contributed by atoms with E-state index in [0.29, 0.717) is 18.7 Å². The number of carbonyl (C=O) groups excluding carboxylic acids is 1. The average Bonchev–Trinajstić information content (AvgIpc) is 2.68. The van der Waals surface area contributed by atoms with E-state index in [9.17, 15) is 9.18 Å². The molecule has 0 spiro atoms. The van der Waals surface area contributed by atoms with Crippen molar-refractivity contribution in [2.75, 3.05) is 45.2 Å². The Balaban J connectivity index is 1.69. The van der Waals surface area contributed by atoms with Crippen LogP contribution in [0, 0.1) is 5.82 Å². The highest BCUT2D eigenvalue weighted by Gasteiger charge is 2.30. The number of nitrogens with zero attached hydrogens (tertiary/aromatic N) is 5. The molecule has 2 heterocycles. The fourth-order valence-corrected chi connectivity index (χ4v) is 3.42. The number of hydrogen-bond donors (Lipinski definition) is 0. The van der Waals surface area contributed by atoms with Gasteiger partial charge in [-0.05, 0) is 38.2 Å². The standard InChI is InChI=1S/C20H26FN5O/c1-4-17-13-18(23-14-22-17)25-8-10-26(11-9-25)20(27)19(24(2)3)15-6-5-7-16(21)12-15/h5-7,12-14,19H,4,8-11H2,1-3H3. The van der Waals surface area contributed by atoms with E-state index < -0.39 is 6.04 Å². The number of hydrogen-bond acceptors (Lipinski definition) is 5. The number of piperazine rings is 1. The largest absolute Gasteiger partial charge is 0.353 e. The maximum Gasteiger partial charge on any atom is 0.244 e. The van der Waals surface area contributed by atoms with Crippen LogP contribution < -0.4 is 4.90 Å². The molecule has 1 fully saturated rings. The third kappa shape index (κ3) is 4.42. The molecule has 1 aromatic heterocycles. The molecule has 7 heteroatoms. The summed E-state index contributed by atoms with van der Waals surface area (Å²) in [5.74, 6) is 0.581. The molecule has 6 nitrogen and oxygen atoms in total. The molecule has 0 radical (unpaired) electrons. The lowest BCUT2D eigenvalue weighted by Crippen LogP contribution is -2.51. The Morgan fingerprint density at radius 2 is 1.93 bits per heavy atom. The number of benzene rings is 1. The SMILES string of the molecule is CCc1cc(N2CCN(C(=O)C(c3cccc(F)c3)N(C)C)CC2)ncn1. The quantitative estimate of drug-likeness (QED) is 0.806. The number of carbonyl (C=O) groups is 1. The number of rotatable bonds is 5. The van der Waals surface area contributed by atoms with Crippen molar-refractivity contribution in [2.24, 2.45) is 0 Å². The van der Waals surface area contributed by atoms with Gasteiger partial charge in [-0.15, -0.1) is 0 Å². The maximum absolute atomic E-state index is 13.6. The van der Waals surface area contributed by atoms with E-state index in [4.69, 9.17) is 0 Å². The van der Waals surface area contributed by atoms with Crippen LogP contribution in [0.1, 0.15) is 24.2 Å². The van der Waals surface area contributed by atoms with E-state index in [1.807, 2.05) is 30.0 Å². The van der Waals surface area contributed by atoms with Gasteiger partial charge in [-0.25, -0.2) is 14.4 Å². The van der Waals surface area contributed by atoms with Crippen molar-refractivity contribution < 1.29 is 9.18 Å². The lowest BCUT2D eigenvalue weighted by atomic mass is 10.0. The molecule has 1 atom stereocenters. The van der Waals surface area contributed by atoms with Crippen LogP contribution in [0.3, 0.4) is 0 Å². The fourth-order valence-electron chi connectivity index (χ4n) is 3.42. The van der Waals surface area contributed by atoms with E-state index >= 15 is 0 Å². The van der Waals surface area contributed by atoms with Gasteiger partial charge >= 0.3 is 0 Å². The van der Waals surface area contributed by atoms with Gasteiger partial charge in [-0.1, -0.05) is 19.1 Å². The van der Waals surface area contributed by atoms with E-state index in [-0.39, 0.29) is 11.7 Å². The molecule has 0 N–H and O–H groups in total. The summed E-state index contributed by atoms with van der Waals surface area (Å²) in [6.07, 6.45) is 2.46. The molecule has 144 valence electrons. The van der Waals surface area contributed by atoms with Crippen molar-refractivity contribution in [1.82, 2.24) is 19.8 Å². The molecule has 1 saturated heterocycles. The Morgan fingerprint density at radius 1 is 1.19 bits per heavy atom. The smallest absolute Gasteiger partial charge is 0.244 e. The first-order valence-corrected chi connectivity index (χ1v) is 9.26. The van der Waals surface area contributed by atoms with Crippen LogP contribution in [-0.2, 0) is 11.2 Å². The molecule has 3 rings (SSSR count). The minimum atomic E-state index is -0.488. The Hall–Kier alpha value is -2.54. The van der Waals surface area contributed by atoms with Gasteiger partial charge in [0.1, 0.15) is 24.0 Å². The lowest BCUT2D eigenvalue weighted by molar-refractivity contribution is -0.136. The third-order valence-corrected chi connectivity index (χ3v) is 4.90. The van der Waals surface area contributed by atoms with Crippen LogP contribution in [0.25, 0.3) is 0 Å². The molecule has 1 aromatic carbocycles. The zero-order valence-corrected chi connectivity index (χ0v) is 16.1. The molecular formula is C20H26FN5O. The van der Waals surface area contributed by atoms with Crippen molar-refractivity contribution >= 4 is 11.7 Å². The van der Waals surface area contributed by atoms with Gasteiger partial charge in [0.05, 0.1) is 0 Å². The first-order chi connectivity index (χ1) is 13.0. The molecule has 0 bridgehead atoms. The van der Waals surface area contributed by atoms with Gasteiger partial charge in [0.25, 0.3) is 0 Å². The van der Waals surface area contributed by atoms with Crippen LogP contribution in [-0.4, -0.2) is 65.9 Å². The second-order valence-corrected chi connectivity index (χ2v) is 6.95. The number of amides is 1. The summed E-state index contributed by atoms with van der Waals surface area (Å²) in [5.41, 5.74) is 1.69. The monoisotopic (exact) mass is 371 g/mol. The normalized spacial score (nSPS) is 15.9. The maximum atomic E-state index is 13.6. The predicted octanol–water partition coefficient (Wildman–Crippen LogP) is 2.13. The third-order valence-electron chi connectivity index (χ3n) is 4.90. The Kier molecular flexibility index (Phi) is 6.01. The van der Waals surface area contributed by atoms with Crippen molar-refractivity contribution in [3.63, 3.8) is 0 Å². The topological polar surface area (TPSA) is 52.6 Å². The van der Waals surface area contributed by atoms with Gasteiger partial charge < -0.3 is 9.80 Å². The van der Waals surface area contributed by atoms with Crippen LogP contribution in [0.5, 0.6) is 0 Å². The van der Waals surface area contributed by atoms with Crippen LogP contribution in [0.15, 0.2) is 36.7 Å². The second kappa shape index (κ2) is 8.43. The highest BCUT2D eigenvalue weighted by atomic mass is 19.1. The molecule has 0 aliphatic carbocycles. The molecule has 1 unspecified atom stereocenters. The average molecular weight is 371 g/mol. The summed E-state index contributed by atoms with van der Waals surface area (Å²) in [6.45, 7) is 4.73. The van der Waals surface area contributed by atoms with Crippen molar-refractivity contribution in [1.29, 1.82) is 0 Å². The van der Waals surface area contributed by atoms with Crippen molar-refractivity contribution in [3.05, 3.63) is 53.7 Å². The molecule has 27 heavy (non-hydrogen) atoms. The molecule has 0 saturated carbocycles.